The second-order valence-corrected chi connectivity index (χ2v) is 28.7. The van der Waals surface area contributed by atoms with Crippen LogP contribution in [0, 0.1) is 0 Å². The molecule has 3 aromatic heterocycles. The van der Waals surface area contributed by atoms with Gasteiger partial charge in [0.25, 0.3) is 0 Å². The van der Waals surface area contributed by atoms with E-state index in [9.17, 15) is 5.11 Å². The number of anilines is 9. The van der Waals surface area contributed by atoms with Crippen molar-refractivity contribution in [1.82, 2.24) is 29.9 Å². The van der Waals surface area contributed by atoms with Crippen LogP contribution in [-0.4, -0.2) is 169 Å². The average Bonchev–Trinajstić information content (AvgIpc) is 0.784. The van der Waals surface area contributed by atoms with E-state index in [4.69, 9.17) is 44.1 Å². The van der Waals surface area contributed by atoms with E-state index < -0.39 is 0 Å². The first-order valence-electron chi connectivity index (χ1n) is 37.9. The van der Waals surface area contributed by atoms with Gasteiger partial charge in [0, 0.05) is 139 Å². The number of aliphatic hydroxyl groups excluding tert-OH is 1. The minimum Gasteiger partial charge on any atom is -0.496 e. The molecule has 102 heavy (non-hydrogen) atoms. The van der Waals surface area contributed by atoms with E-state index >= 15 is 0 Å². The van der Waals surface area contributed by atoms with Crippen molar-refractivity contribution in [3.63, 3.8) is 0 Å². The molecule has 3 saturated heterocycles. The molecule has 2 saturated carbocycles. The number of para-hydroxylation sites is 3. The number of piperidine rings is 3. The Bertz CT molecular complexity index is 4000. The Morgan fingerprint density at radius 3 is 1.12 bits per heavy atom. The Hall–Kier alpha value is -9.10. The van der Waals surface area contributed by atoms with E-state index in [0.29, 0.717) is 36.4 Å². The van der Waals surface area contributed by atoms with Crippen molar-refractivity contribution in [3.8, 4) is 17.2 Å². The van der Waals surface area contributed by atoms with Crippen LogP contribution in [0.4, 0.5) is 52.4 Å². The van der Waals surface area contributed by atoms with Crippen LogP contribution in [-0.2, 0) is 0 Å². The molecule has 0 amide bonds. The minimum atomic E-state index is 0.124. The molecule has 19 nitrogen and oxygen atoms in total. The van der Waals surface area contributed by atoms with Crippen LogP contribution in [0.1, 0.15) is 152 Å². The highest BCUT2D eigenvalue weighted by atomic mass is 16.5. The summed E-state index contributed by atoms with van der Waals surface area (Å²) in [5.41, 5.74) is 10.5. The van der Waals surface area contributed by atoms with E-state index in [0.717, 1.165) is 208 Å². The Morgan fingerprint density at radius 1 is 0.412 bits per heavy atom. The van der Waals surface area contributed by atoms with Gasteiger partial charge in [0.05, 0.1) is 44.5 Å². The van der Waals surface area contributed by atoms with Crippen LogP contribution in [0.15, 0.2) is 127 Å². The summed E-state index contributed by atoms with van der Waals surface area (Å²) < 4.78 is 16.9. The van der Waals surface area contributed by atoms with Crippen molar-refractivity contribution in [2.75, 3.05) is 167 Å². The first-order valence-corrected chi connectivity index (χ1v) is 37.9. The molecule has 5 aliphatic rings. The first kappa shape index (κ1) is 72.7. The SMILES string of the molecule is CCCN(C)c1ccc2nc(NC3CCC3)nc(N3CCC(c4ccccc4OC)CC3)c2c1.CCCN(CCC)c1ccc2nc(N(C)C)nc(N3CCC(c4ccccc4OC)CC3)c2c1.COc1ccccc1C1CCN(c2nc(NC3CCC3)nc3ccc(N(C)CCO)cc23)CC1. The lowest BCUT2D eigenvalue weighted by Crippen LogP contribution is -2.34. The fourth-order valence-corrected chi connectivity index (χ4v) is 15.4. The predicted molar refractivity (Wildman–Crippen MR) is 424 cm³/mol. The summed E-state index contributed by atoms with van der Waals surface area (Å²) in [4.78, 5) is 46.0. The molecule has 19 heteroatoms. The van der Waals surface area contributed by atoms with E-state index in [1.807, 2.05) is 44.2 Å². The van der Waals surface area contributed by atoms with Crippen molar-refractivity contribution in [2.24, 2.45) is 0 Å². The highest BCUT2D eigenvalue weighted by molar-refractivity contribution is 5.95. The summed E-state index contributed by atoms with van der Waals surface area (Å²) in [6.45, 7) is 16.4. The van der Waals surface area contributed by atoms with Crippen LogP contribution < -0.4 is 59.1 Å². The smallest absolute Gasteiger partial charge is 0.227 e. The molecule has 5 fully saturated rings. The van der Waals surface area contributed by atoms with Gasteiger partial charge in [0.2, 0.25) is 17.8 Å². The van der Waals surface area contributed by atoms with Crippen molar-refractivity contribution in [1.29, 1.82) is 0 Å². The van der Waals surface area contributed by atoms with E-state index in [1.54, 1.807) is 21.3 Å². The normalized spacial score (nSPS) is 16.1. The quantitative estimate of drug-likeness (QED) is 0.0493. The van der Waals surface area contributed by atoms with Gasteiger partial charge >= 0.3 is 0 Å². The second kappa shape index (κ2) is 34.7. The van der Waals surface area contributed by atoms with Crippen LogP contribution >= 0.6 is 0 Å². The number of benzene rings is 6. The molecule has 3 aliphatic heterocycles. The van der Waals surface area contributed by atoms with Crippen LogP contribution in [0.5, 0.6) is 17.2 Å². The highest BCUT2D eigenvalue weighted by Gasteiger charge is 2.31. The van der Waals surface area contributed by atoms with E-state index in [2.05, 4.69) is 177 Å². The molecule has 6 aromatic carbocycles. The maximum Gasteiger partial charge on any atom is 0.227 e. The van der Waals surface area contributed by atoms with Crippen LogP contribution in [0.25, 0.3) is 32.7 Å². The van der Waals surface area contributed by atoms with Crippen molar-refractivity contribution >= 4 is 85.1 Å². The topological polar surface area (TPSA) is 172 Å². The summed E-state index contributed by atoms with van der Waals surface area (Å²) in [6.07, 6.45) is 17.2. The minimum absolute atomic E-state index is 0.124. The van der Waals surface area contributed by atoms with Gasteiger partial charge in [-0.3, -0.25) is 0 Å². The Labute approximate surface area is 606 Å². The molecular formula is C83H111N15O4. The van der Waals surface area contributed by atoms with E-state index in [1.165, 1.54) is 66.6 Å². The lowest BCUT2D eigenvalue weighted by atomic mass is 9.88. The average molecular weight is 1380 g/mol. The summed E-state index contributed by atoms with van der Waals surface area (Å²) in [5.74, 6) is 9.89. The predicted octanol–water partition coefficient (Wildman–Crippen LogP) is 16.0. The molecule has 0 unspecified atom stereocenters. The Balaban J connectivity index is 0.000000144. The number of aromatic nitrogens is 6. The Morgan fingerprint density at radius 2 is 0.765 bits per heavy atom. The van der Waals surface area contributed by atoms with Crippen LogP contribution in [0.2, 0.25) is 0 Å². The fraction of sp³-hybridized carbons (Fsp3) is 0.494. The van der Waals surface area contributed by atoms with Gasteiger partial charge < -0.3 is 64.3 Å². The largest absolute Gasteiger partial charge is 0.496 e. The molecule has 0 bridgehead atoms. The standard InChI is InChI=1S/C28H37N5O.C28H39N5O.C27H35N5O2/c1-4-16-32(2)22-12-13-25-24(19-22)27(31-28(30-25)29-21-8-7-9-21)33-17-14-20(15-18-33)23-10-5-6-11-26(23)34-3;1-6-16-32(17-7-2)22-12-13-25-24(20-22)27(30-28(29-25)31(3)4)33-18-14-21(15-19-33)23-10-8-9-11-26(23)34-5;1-31(16-17-33)21-10-11-24-23(18-21)26(30-27(29-24)28-20-6-5-7-20)32-14-12-19(13-15-32)22-8-3-4-9-25(22)34-2/h5-6,10-13,19-21H,4,7-9,14-18H2,1-3H3,(H,29,30,31);8-13,20-21H,6-7,14-19H2,1-5H3;3-4,8-11,18-20,33H,5-7,12-17H2,1-2H3,(H,28,29,30). The van der Waals surface area contributed by atoms with Gasteiger partial charge in [0.15, 0.2) is 0 Å². The fourth-order valence-electron chi connectivity index (χ4n) is 15.4. The summed E-state index contributed by atoms with van der Waals surface area (Å²) in [5, 5.41) is 19.9. The number of aliphatic hydroxyl groups is 1. The molecule has 2 aliphatic carbocycles. The summed E-state index contributed by atoms with van der Waals surface area (Å²) >= 11 is 0. The molecule has 3 N–H and O–H groups in total. The molecule has 542 valence electrons. The number of hydrogen-bond donors (Lipinski definition) is 3. The lowest BCUT2D eigenvalue weighted by Gasteiger charge is -2.34. The van der Waals surface area contributed by atoms with Crippen LogP contribution in [0.3, 0.4) is 0 Å². The molecule has 0 atom stereocenters. The number of likely N-dealkylation sites (N-methyl/N-ethyl adjacent to an activating group) is 1. The highest BCUT2D eigenvalue weighted by Crippen LogP contribution is 2.42. The number of rotatable bonds is 25. The third-order valence-electron chi connectivity index (χ3n) is 21.6. The first-order chi connectivity index (χ1) is 49.9. The molecule has 6 heterocycles. The van der Waals surface area contributed by atoms with Gasteiger partial charge in [-0.15, -0.1) is 0 Å². The zero-order chi connectivity index (χ0) is 71.1. The zero-order valence-corrected chi connectivity index (χ0v) is 62.4. The lowest BCUT2D eigenvalue weighted by molar-refractivity contribution is 0.304. The number of fused-ring (bicyclic) bond motifs is 3. The van der Waals surface area contributed by atoms with Gasteiger partial charge in [-0.2, -0.15) is 15.0 Å². The number of nitrogens with one attached hydrogen (secondary N) is 2. The van der Waals surface area contributed by atoms with Gasteiger partial charge in [0.1, 0.15) is 34.7 Å². The summed E-state index contributed by atoms with van der Waals surface area (Å²) in [6, 6.07) is 46.0. The van der Waals surface area contributed by atoms with E-state index in [-0.39, 0.29) is 6.61 Å². The number of methoxy groups -OCH3 is 3. The third-order valence-corrected chi connectivity index (χ3v) is 21.6. The number of nitrogens with zero attached hydrogens (tertiary/aromatic N) is 13. The summed E-state index contributed by atoms with van der Waals surface area (Å²) in [7, 11) is 13.5. The molecule has 0 radical (unpaired) electrons. The number of hydrogen-bond acceptors (Lipinski definition) is 19. The van der Waals surface area contributed by atoms with Gasteiger partial charge in [-0.25, -0.2) is 15.0 Å². The maximum atomic E-state index is 9.38. The van der Waals surface area contributed by atoms with Crippen molar-refractivity contribution in [3.05, 3.63) is 144 Å². The zero-order valence-electron chi connectivity index (χ0n) is 62.4. The monoisotopic (exact) mass is 1380 g/mol. The molecule has 9 aromatic rings. The maximum absolute atomic E-state index is 9.38. The van der Waals surface area contributed by atoms with Crippen molar-refractivity contribution < 1.29 is 19.3 Å². The second-order valence-electron chi connectivity index (χ2n) is 28.7. The number of ether oxygens (including phenoxy) is 3. The molecule has 14 rings (SSSR count). The Kier molecular flexibility index (Phi) is 24.7. The van der Waals surface area contributed by atoms with Crippen molar-refractivity contribution in [2.45, 2.75) is 147 Å². The molecular weight excluding hydrogens is 1270 g/mol. The third kappa shape index (κ3) is 17.2. The molecule has 0 spiro atoms. The van der Waals surface area contributed by atoms with Gasteiger partial charge in [-0.05, 0) is 204 Å². The van der Waals surface area contributed by atoms with Gasteiger partial charge in [-0.1, -0.05) is 75.4 Å².